The van der Waals surface area contributed by atoms with Gasteiger partial charge < -0.3 is 14.8 Å². The zero-order valence-corrected chi connectivity index (χ0v) is 12.1. The average molecular weight is 256 g/mol. The molecule has 2 saturated heterocycles. The standard InChI is InChI=1S/C14H28N2O2/c1-4-15-13-5-7-17-10-12(13)9-16-6-8-18-11-14(16,2)3/h12-13,15H,4-11H2,1-3H3. The van der Waals surface area contributed by atoms with Gasteiger partial charge in [0.15, 0.2) is 0 Å². The quantitative estimate of drug-likeness (QED) is 0.817. The van der Waals surface area contributed by atoms with Crippen LogP contribution in [0, 0.1) is 5.92 Å². The molecule has 4 nitrogen and oxygen atoms in total. The number of morpholine rings is 1. The fourth-order valence-corrected chi connectivity index (χ4v) is 3.02. The first kappa shape index (κ1) is 14.3. The van der Waals surface area contributed by atoms with Gasteiger partial charge in [-0.25, -0.2) is 0 Å². The second-order valence-electron chi connectivity index (χ2n) is 6.10. The molecule has 0 radical (unpaired) electrons. The third-order valence-corrected chi connectivity index (χ3v) is 4.21. The van der Waals surface area contributed by atoms with Crippen LogP contribution in [0.25, 0.3) is 0 Å². The molecule has 0 aromatic carbocycles. The van der Waals surface area contributed by atoms with Crippen LogP contribution in [-0.2, 0) is 9.47 Å². The Hall–Kier alpha value is -0.160. The molecular formula is C14H28N2O2. The Balaban J connectivity index is 1.93. The largest absolute Gasteiger partial charge is 0.381 e. The molecule has 0 saturated carbocycles. The van der Waals surface area contributed by atoms with Crippen molar-refractivity contribution < 1.29 is 9.47 Å². The van der Waals surface area contributed by atoms with E-state index >= 15 is 0 Å². The number of hydrogen-bond acceptors (Lipinski definition) is 4. The fourth-order valence-electron chi connectivity index (χ4n) is 3.02. The number of nitrogens with zero attached hydrogens (tertiary/aromatic N) is 1. The van der Waals surface area contributed by atoms with Crippen LogP contribution in [0.5, 0.6) is 0 Å². The van der Waals surface area contributed by atoms with Crippen molar-refractivity contribution in [2.24, 2.45) is 5.92 Å². The molecule has 18 heavy (non-hydrogen) atoms. The zero-order valence-electron chi connectivity index (χ0n) is 12.1. The van der Waals surface area contributed by atoms with Crippen LogP contribution in [0.3, 0.4) is 0 Å². The zero-order chi connectivity index (χ0) is 13.0. The molecule has 0 bridgehead atoms. The second kappa shape index (κ2) is 6.33. The summed E-state index contributed by atoms with van der Waals surface area (Å²) in [7, 11) is 0. The van der Waals surface area contributed by atoms with E-state index < -0.39 is 0 Å². The van der Waals surface area contributed by atoms with Crippen LogP contribution < -0.4 is 5.32 Å². The minimum Gasteiger partial charge on any atom is -0.381 e. The molecule has 2 heterocycles. The molecule has 0 aliphatic carbocycles. The molecule has 2 unspecified atom stereocenters. The lowest BCUT2D eigenvalue weighted by Gasteiger charge is -2.45. The smallest absolute Gasteiger partial charge is 0.0645 e. The van der Waals surface area contributed by atoms with E-state index in [1.165, 1.54) is 0 Å². The van der Waals surface area contributed by atoms with E-state index in [9.17, 15) is 0 Å². The SMILES string of the molecule is CCNC1CCOCC1CN1CCOCC1(C)C. The molecule has 106 valence electrons. The van der Waals surface area contributed by atoms with Gasteiger partial charge in [0.05, 0.1) is 19.8 Å². The normalized spacial score (nSPS) is 33.5. The highest BCUT2D eigenvalue weighted by molar-refractivity contribution is 4.89. The van der Waals surface area contributed by atoms with Crippen LogP contribution in [0.2, 0.25) is 0 Å². The Labute approximate surface area is 111 Å². The topological polar surface area (TPSA) is 33.7 Å². The van der Waals surface area contributed by atoms with E-state index in [-0.39, 0.29) is 5.54 Å². The summed E-state index contributed by atoms with van der Waals surface area (Å²) in [4.78, 5) is 2.57. The van der Waals surface area contributed by atoms with Gasteiger partial charge in [-0.2, -0.15) is 0 Å². The van der Waals surface area contributed by atoms with Crippen molar-refractivity contribution in [3.63, 3.8) is 0 Å². The molecule has 4 heteroatoms. The minimum absolute atomic E-state index is 0.159. The minimum atomic E-state index is 0.159. The van der Waals surface area contributed by atoms with Gasteiger partial charge in [0.25, 0.3) is 0 Å². The molecular weight excluding hydrogens is 228 g/mol. The second-order valence-corrected chi connectivity index (χ2v) is 6.10. The van der Waals surface area contributed by atoms with Crippen LogP contribution >= 0.6 is 0 Å². The van der Waals surface area contributed by atoms with Crippen LogP contribution in [0.1, 0.15) is 27.2 Å². The monoisotopic (exact) mass is 256 g/mol. The molecule has 0 aromatic heterocycles. The maximum atomic E-state index is 5.67. The average Bonchev–Trinajstić information content (AvgIpc) is 2.34. The van der Waals surface area contributed by atoms with Gasteiger partial charge in [-0.15, -0.1) is 0 Å². The molecule has 2 aliphatic heterocycles. The van der Waals surface area contributed by atoms with Gasteiger partial charge in [0, 0.05) is 37.2 Å². The molecule has 1 N–H and O–H groups in total. The van der Waals surface area contributed by atoms with E-state index in [4.69, 9.17) is 9.47 Å². The summed E-state index contributed by atoms with van der Waals surface area (Å²) in [5.41, 5.74) is 0.159. The van der Waals surface area contributed by atoms with Crippen molar-refractivity contribution in [3.05, 3.63) is 0 Å². The Morgan fingerprint density at radius 3 is 2.83 bits per heavy atom. The van der Waals surface area contributed by atoms with Gasteiger partial charge in [-0.1, -0.05) is 6.92 Å². The molecule has 2 rings (SSSR count). The van der Waals surface area contributed by atoms with E-state index in [1.807, 2.05) is 0 Å². The van der Waals surface area contributed by atoms with Gasteiger partial charge in [0.1, 0.15) is 0 Å². The Morgan fingerprint density at radius 1 is 1.28 bits per heavy atom. The van der Waals surface area contributed by atoms with Crippen molar-refractivity contribution in [1.29, 1.82) is 0 Å². The van der Waals surface area contributed by atoms with E-state index in [1.54, 1.807) is 0 Å². The summed E-state index contributed by atoms with van der Waals surface area (Å²) in [6.45, 7) is 13.5. The summed E-state index contributed by atoms with van der Waals surface area (Å²) in [6.07, 6.45) is 1.14. The summed E-state index contributed by atoms with van der Waals surface area (Å²) in [6, 6.07) is 0.613. The highest BCUT2D eigenvalue weighted by Crippen LogP contribution is 2.23. The van der Waals surface area contributed by atoms with Crippen molar-refractivity contribution in [2.75, 3.05) is 46.1 Å². The summed E-state index contributed by atoms with van der Waals surface area (Å²) >= 11 is 0. The van der Waals surface area contributed by atoms with Crippen molar-refractivity contribution >= 4 is 0 Å². The number of nitrogens with one attached hydrogen (secondary N) is 1. The van der Waals surface area contributed by atoms with E-state index in [2.05, 4.69) is 31.0 Å². The van der Waals surface area contributed by atoms with Gasteiger partial charge in [0.2, 0.25) is 0 Å². The van der Waals surface area contributed by atoms with Crippen molar-refractivity contribution in [2.45, 2.75) is 38.8 Å². The molecule has 2 fully saturated rings. The highest BCUT2D eigenvalue weighted by atomic mass is 16.5. The highest BCUT2D eigenvalue weighted by Gasteiger charge is 2.34. The van der Waals surface area contributed by atoms with Crippen molar-refractivity contribution in [1.82, 2.24) is 10.2 Å². The first-order valence-electron chi connectivity index (χ1n) is 7.27. The van der Waals surface area contributed by atoms with Crippen molar-refractivity contribution in [3.8, 4) is 0 Å². The molecule has 0 aromatic rings. The lowest BCUT2D eigenvalue weighted by atomic mass is 9.92. The predicted molar refractivity (Wildman–Crippen MR) is 72.9 cm³/mol. The number of ether oxygens (including phenoxy) is 2. The van der Waals surface area contributed by atoms with Crippen LogP contribution in [0.15, 0.2) is 0 Å². The van der Waals surface area contributed by atoms with Crippen LogP contribution in [0.4, 0.5) is 0 Å². The maximum Gasteiger partial charge on any atom is 0.0645 e. The van der Waals surface area contributed by atoms with Gasteiger partial charge >= 0.3 is 0 Å². The molecule has 0 amide bonds. The Morgan fingerprint density at radius 2 is 2.11 bits per heavy atom. The molecule has 0 spiro atoms. The van der Waals surface area contributed by atoms with Crippen LogP contribution in [-0.4, -0.2) is 62.5 Å². The predicted octanol–water partition coefficient (Wildman–Crippen LogP) is 1.11. The lowest BCUT2D eigenvalue weighted by Crippen LogP contribution is -2.57. The first-order chi connectivity index (χ1) is 8.63. The summed E-state index contributed by atoms with van der Waals surface area (Å²) in [5, 5.41) is 3.61. The maximum absolute atomic E-state index is 5.67. The molecule has 2 aliphatic rings. The third-order valence-electron chi connectivity index (χ3n) is 4.21. The summed E-state index contributed by atoms with van der Waals surface area (Å²) < 4.78 is 11.3. The van der Waals surface area contributed by atoms with Gasteiger partial charge in [-0.3, -0.25) is 4.90 Å². The third kappa shape index (κ3) is 3.44. The number of rotatable bonds is 4. The number of hydrogen-bond donors (Lipinski definition) is 1. The first-order valence-corrected chi connectivity index (χ1v) is 7.27. The van der Waals surface area contributed by atoms with Gasteiger partial charge in [-0.05, 0) is 26.8 Å². The Bertz CT molecular complexity index is 256. The van der Waals surface area contributed by atoms with E-state index in [0.717, 1.165) is 52.5 Å². The Kier molecular flexibility index (Phi) is 5.01. The van der Waals surface area contributed by atoms with E-state index in [0.29, 0.717) is 12.0 Å². The summed E-state index contributed by atoms with van der Waals surface area (Å²) in [5.74, 6) is 0.607. The molecule has 2 atom stereocenters. The lowest BCUT2D eigenvalue weighted by molar-refractivity contribution is -0.0722. The fraction of sp³-hybridized carbons (Fsp3) is 1.00.